The molecule has 1 saturated heterocycles. The monoisotopic (exact) mass is 419 g/mol. The fourth-order valence-electron chi connectivity index (χ4n) is 2.93. The van der Waals surface area contributed by atoms with Crippen molar-refractivity contribution in [2.75, 3.05) is 6.54 Å². The predicted octanol–water partition coefficient (Wildman–Crippen LogP) is 2.21. The molecule has 1 unspecified atom stereocenters. The normalized spacial score (nSPS) is 18.2. The molecule has 1 fully saturated rings. The lowest BCUT2D eigenvalue weighted by Crippen LogP contribution is -2.39. The van der Waals surface area contributed by atoms with Crippen molar-refractivity contribution in [3.8, 4) is 0 Å². The summed E-state index contributed by atoms with van der Waals surface area (Å²) in [5.41, 5.74) is 5.62. The zero-order valence-electron chi connectivity index (χ0n) is 14.1. The Morgan fingerprint density at radius 2 is 2.11 bits per heavy atom. The topological polar surface area (TPSA) is 93.2 Å². The van der Waals surface area contributed by atoms with Gasteiger partial charge in [-0.1, -0.05) is 17.7 Å². The molecule has 3 amide bonds. The van der Waals surface area contributed by atoms with Crippen molar-refractivity contribution in [3.05, 3.63) is 52.6 Å². The number of carbonyl (C=O) groups is 2. The summed E-state index contributed by atoms with van der Waals surface area (Å²) in [7, 11) is 0. The van der Waals surface area contributed by atoms with E-state index >= 15 is 0 Å². The number of rotatable bonds is 5. The molecule has 2 atom stereocenters. The third-order valence-electron chi connectivity index (χ3n) is 4.14. The summed E-state index contributed by atoms with van der Waals surface area (Å²) in [4.78, 5) is 24.9. The highest BCUT2D eigenvalue weighted by Crippen LogP contribution is 2.32. The number of aromatic nitrogens is 2. The van der Waals surface area contributed by atoms with Crippen LogP contribution in [0.15, 0.2) is 30.5 Å². The first-order chi connectivity index (χ1) is 13.0. The number of nitrogens with zero attached hydrogens (tertiary/aromatic N) is 3. The fraction of sp³-hybridized carbons (Fsp3) is 0.312. The second kappa shape index (κ2) is 7.30. The summed E-state index contributed by atoms with van der Waals surface area (Å²) in [5.74, 6) is -1.47. The van der Waals surface area contributed by atoms with Crippen LogP contribution >= 0.6 is 11.6 Å². The highest BCUT2D eigenvalue weighted by molar-refractivity contribution is 6.30. The van der Waals surface area contributed by atoms with Gasteiger partial charge in [0.15, 0.2) is 0 Å². The first kappa shape index (κ1) is 19.9. The van der Waals surface area contributed by atoms with Crippen molar-refractivity contribution in [2.24, 2.45) is 5.73 Å². The first-order valence-corrected chi connectivity index (χ1v) is 8.34. The van der Waals surface area contributed by atoms with E-state index in [4.69, 9.17) is 17.3 Å². The Kier molecular flexibility index (Phi) is 5.20. The molecule has 1 aromatic carbocycles. The molecule has 0 aliphatic carbocycles. The molecule has 2 aromatic rings. The van der Waals surface area contributed by atoms with E-state index in [1.165, 1.54) is 23.1 Å². The van der Waals surface area contributed by atoms with Gasteiger partial charge in [-0.25, -0.2) is 9.18 Å². The number of halogens is 5. The number of hydrogen-bond acceptors (Lipinski definition) is 3. The largest absolute Gasteiger partial charge is 0.408 e. The molecule has 3 rings (SSSR count). The Morgan fingerprint density at radius 3 is 2.68 bits per heavy atom. The molecule has 0 bridgehead atoms. The van der Waals surface area contributed by atoms with Crippen molar-refractivity contribution in [1.82, 2.24) is 20.0 Å². The van der Waals surface area contributed by atoms with Gasteiger partial charge in [0.05, 0.1) is 17.3 Å². The summed E-state index contributed by atoms with van der Waals surface area (Å²) in [5, 5.41) is 6.05. The van der Waals surface area contributed by atoms with E-state index in [0.29, 0.717) is 10.2 Å². The number of hydrogen-bond donors (Lipinski definition) is 2. The zero-order valence-corrected chi connectivity index (χ0v) is 14.8. The number of amides is 3. The highest BCUT2D eigenvalue weighted by atomic mass is 35.5. The Hall–Kier alpha value is -2.82. The zero-order chi connectivity index (χ0) is 20.6. The van der Waals surface area contributed by atoms with Gasteiger partial charge in [0.1, 0.15) is 24.4 Å². The first-order valence-electron chi connectivity index (χ1n) is 7.96. The minimum Gasteiger partial charge on any atom is -0.368 e. The number of nitrogens with one attached hydrogen (secondary N) is 1. The van der Waals surface area contributed by atoms with Gasteiger partial charge in [0.2, 0.25) is 5.91 Å². The summed E-state index contributed by atoms with van der Waals surface area (Å²) in [6.07, 6.45) is -3.37. The lowest BCUT2D eigenvalue weighted by molar-refractivity contribution is -0.142. The van der Waals surface area contributed by atoms with Crippen LogP contribution in [0.2, 0.25) is 5.02 Å². The number of alkyl halides is 3. The van der Waals surface area contributed by atoms with Gasteiger partial charge in [-0.2, -0.15) is 18.3 Å². The smallest absolute Gasteiger partial charge is 0.368 e. The Labute approximate surface area is 161 Å². The van der Waals surface area contributed by atoms with E-state index in [9.17, 15) is 27.2 Å². The molecule has 1 aliphatic heterocycles. The van der Waals surface area contributed by atoms with Gasteiger partial charge in [-0.05, 0) is 23.8 Å². The summed E-state index contributed by atoms with van der Waals surface area (Å²) in [6, 6.07) is 2.30. The quantitative estimate of drug-likeness (QED) is 0.728. The summed E-state index contributed by atoms with van der Waals surface area (Å²) >= 11 is 5.82. The van der Waals surface area contributed by atoms with Gasteiger partial charge >= 0.3 is 12.2 Å². The molecule has 0 spiro atoms. The minimum atomic E-state index is -4.49. The maximum absolute atomic E-state index is 13.5. The second-order valence-electron chi connectivity index (χ2n) is 6.19. The van der Waals surface area contributed by atoms with E-state index in [0.717, 1.165) is 12.3 Å². The molecule has 3 N–H and O–H groups in total. The third kappa shape index (κ3) is 4.19. The van der Waals surface area contributed by atoms with E-state index in [2.05, 4.69) is 10.4 Å². The average molecular weight is 420 g/mol. The number of carbonyl (C=O) groups excluding carboxylic acids is 2. The summed E-state index contributed by atoms with van der Waals surface area (Å²) in [6.45, 7) is -1.46. The molecular formula is C16H14ClF4N5O2. The van der Waals surface area contributed by atoms with Crippen LogP contribution in [0, 0.1) is 5.82 Å². The predicted molar refractivity (Wildman–Crippen MR) is 89.8 cm³/mol. The van der Waals surface area contributed by atoms with E-state index in [1.54, 1.807) is 0 Å². The average Bonchev–Trinajstić information content (AvgIpc) is 3.17. The van der Waals surface area contributed by atoms with Crippen LogP contribution in [0.3, 0.4) is 0 Å². The van der Waals surface area contributed by atoms with Crippen molar-refractivity contribution in [1.29, 1.82) is 0 Å². The van der Waals surface area contributed by atoms with Crippen molar-refractivity contribution < 1.29 is 27.2 Å². The highest BCUT2D eigenvalue weighted by Gasteiger charge is 2.39. The SMILES string of the molecule is NC(=O)C1CN([C@H](c2ccc(F)c(Cl)c2)c2ccn(CC(F)(F)F)n2)C(=O)N1. The minimum absolute atomic E-state index is 0.0900. The van der Waals surface area contributed by atoms with Crippen LogP contribution in [0.5, 0.6) is 0 Å². The maximum atomic E-state index is 13.5. The number of urea groups is 1. The molecule has 0 radical (unpaired) electrons. The Balaban J connectivity index is 2.01. The number of benzene rings is 1. The van der Waals surface area contributed by atoms with Gasteiger partial charge in [-0.3, -0.25) is 9.48 Å². The maximum Gasteiger partial charge on any atom is 0.408 e. The van der Waals surface area contributed by atoms with Crippen LogP contribution in [0.4, 0.5) is 22.4 Å². The molecule has 7 nitrogen and oxygen atoms in total. The third-order valence-corrected chi connectivity index (χ3v) is 4.42. The molecule has 2 heterocycles. The number of nitrogens with two attached hydrogens (primary N) is 1. The standard InChI is InChI=1S/C16H14ClF4N5O2/c17-9-5-8(1-2-10(9)18)13(26-6-12(14(22)27)23-15(26)28)11-3-4-25(24-11)7-16(19,20)21/h1-5,12-13H,6-7H2,(H2,22,27)(H,23,28)/t12?,13-/m1/s1. The molecule has 1 aromatic heterocycles. The lowest BCUT2D eigenvalue weighted by Gasteiger charge is -2.26. The summed E-state index contributed by atoms with van der Waals surface area (Å²) < 4.78 is 52.1. The Bertz CT molecular complexity index is 917. The number of primary amides is 1. The van der Waals surface area contributed by atoms with Gasteiger partial charge in [-0.15, -0.1) is 0 Å². The van der Waals surface area contributed by atoms with E-state index < -0.39 is 42.6 Å². The molecule has 150 valence electrons. The van der Waals surface area contributed by atoms with Gasteiger partial charge in [0.25, 0.3) is 0 Å². The molecule has 12 heteroatoms. The van der Waals surface area contributed by atoms with Gasteiger partial charge < -0.3 is 16.0 Å². The molecule has 28 heavy (non-hydrogen) atoms. The molecular weight excluding hydrogens is 406 g/mol. The molecule has 1 aliphatic rings. The van der Waals surface area contributed by atoms with E-state index in [1.807, 2.05) is 0 Å². The van der Waals surface area contributed by atoms with Crippen molar-refractivity contribution >= 4 is 23.5 Å². The van der Waals surface area contributed by atoms with Crippen LogP contribution in [0.25, 0.3) is 0 Å². The van der Waals surface area contributed by atoms with E-state index in [-0.39, 0.29) is 17.3 Å². The van der Waals surface area contributed by atoms with Gasteiger partial charge in [0, 0.05) is 6.20 Å². The van der Waals surface area contributed by atoms with Crippen LogP contribution in [-0.4, -0.2) is 45.4 Å². The Morgan fingerprint density at radius 1 is 1.39 bits per heavy atom. The van der Waals surface area contributed by atoms with Crippen LogP contribution < -0.4 is 11.1 Å². The fourth-order valence-corrected chi connectivity index (χ4v) is 3.12. The van der Waals surface area contributed by atoms with Crippen LogP contribution in [-0.2, 0) is 11.3 Å². The van der Waals surface area contributed by atoms with Crippen LogP contribution in [0.1, 0.15) is 17.3 Å². The molecule has 0 saturated carbocycles. The second-order valence-corrected chi connectivity index (χ2v) is 6.59. The lowest BCUT2D eigenvalue weighted by atomic mass is 10.0. The van der Waals surface area contributed by atoms with Crippen molar-refractivity contribution in [3.63, 3.8) is 0 Å². The van der Waals surface area contributed by atoms with Crippen molar-refractivity contribution in [2.45, 2.75) is 24.8 Å².